The number of aryl methyl sites for hydroxylation is 1. The van der Waals surface area contributed by atoms with Crippen molar-refractivity contribution in [3.05, 3.63) is 41.2 Å². The molecule has 0 unspecified atom stereocenters. The van der Waals surface area contributed by atoms with E-state index in [9.17, 15) is 4.79 Å². The number of amides is 1. The molecule has 6 nitrogen and oxygen atoms in total. The lowest BCUT2D eigenvalue weighted by atomic mass is 10.2. The number of rotatable bonds is 6. The molecule has 0 bridgehead atoms. The Hall–Kier alpha value is -2.47. The van der Waals surface area contributed by atoms with E-state index < -0.39 is 0 Å². The normalized spacial score (nSPS) is 14.2. The van der Waals surface area contributed by atoms with Crippen molar-refractivity contribution in [2.24, 2.45) is 0 Å². The third-order valence-corrected chi connectivity index (χ3v) is 4.59. The second-order valence-corrected chi connectivity index (χ2v) is 6.60. The van der Waals surface area contributed by atoms with E-state index in [0.717, 1.165) is 35.0 Å². The predicted octanol–water partition coefficient (Wildman–Crippen LogP) is 3.02. The molecule has 1 N–H and O–H groups in total. The van der Waals surface area contributed by atoms with E-state index in [1.165, 1.54) is 0 Å². The monoisotopic (exact) mass is 358 g/mol. The Morgan fingerprint density at radius 1 is 1.23 bits per heavy atom. The van der Waals surface area contributed by atoms with Gasteiger partial charge in [-0.1, -0.05) is 0 Å². The zero-order valence-corrected chi connectivity index (χ0v) is 15.8. The first kappa shape index (κ1) is 18.3. The lowest BCUT2D eigenvalue weighted by Gasteiger charge is -2.20. The number of fused-ring (bicyclic) bond motifs is 1. The number of hydrogen-bond acceptors (Lipinski definition) is 4. The molecule has 0 spiro atoms. The second-order valence-electron chi connectivity index (χ2n) is 6.60. The summed E-state index contributed by atoms with van der Waals surface area (Å²) in [5, 5.41) is 3.04. The van der Waals surface area contributed by atoms with Crippen LogP contribution in [0.5, 0.6) is 11.5 Å². The topological polar surface area (TPSA) is 61.7 Å². The van der Waals surface area contributed by atoms with Crippen LogP contribution in [0, 0.1) is 13.8 Å². The Labute approximate surface area is 154 Å². The predicted molar refractivity (Wildman–Crippen MR) is 99.7 cm³/mol. The number of aromatic nitrogens is 1. The van der Waals surface area contributed by atoms with Gasteiger partial charge >= 0.3 is 0 Å². The van der Waals surface area contributed by atoms with Gasteiger partial charge in [0.2, 0.25) is 0 Å². The van der Waals surface area contributed by atoms with E-state index >= 15 is 0 Å². The molecule has 1 aromatic carbocycles. The molecule has 2 heterocycles. The van der Waals surface area contributed by atoms with Crippen molar-refractivity contribution >= 4 is 5.91 Å². The smallest absolute Gasteiger partial charge is 0.253 e. The number of methoxy groups -OCH3 is 1. The molecule has 6 heteroatoms. The summed E-state index contributed by atoms with van der Waals surface area (Å²) in [5.74, 6) is 1.43. The Morgan fingerprint density at radius 3 is 2.69 bits per heavy atom. The van der Waals surface area contributed by atoms with Crippen LogP contribution < -0.4 is 14.8 Å². The highest BCUT2D eigenvalue weighted by molar-refractivity contribution is 5.96. The van der Waals surface area contributed by atoms with Crippen LogP contribution in [0.2, 0.25) is 0 Å². The fourth-order valence-electron chi connectivity index (χ4n) is 3.23. The van der Waals surface area contributed by atoms with Gasteiger partial charge in [0.15, 0.2) is 11.5 Å². The van der Waals surface area contributed by atoms with Gasteiger partial charge in [0.05, 0.1) is 5.56 Å². The molecule has 0 fully saturated rings. The highest BCUT2D eigenvalue weighted by atomic mass is 16.6. The molecule has 0 saturated carbocycles. The maximum absolute atomic E-state index is 12.7. The minimum Gasteiger partial charge on any atom is -0.486 e. The maximum atomic E-state index is 12.7. The van der Waals surface area contributed by atoms with Crippen molar-refractivity contribution in [1.82, 2.24) is 9.88 Å². The first-order valence-electron chi connectivity index (χ1n) is 8.90. The van der Waals surface area contributed by atoms with E-state index in [4.69, 9.17) is 14.2 Å². The fraction of sp³-hybridized carbons (Fsp3) is 0.450. The second kappa shape index (κ2) is 7.83. The van der Waals surface area contributed by atoms with Crippen molar-refractivity contribution in [3.63, 3.8) is 0 Å². The number of carbonyl (C=O) groups is 1. The minimum atomic E-state index is -0.0644. The van der Waals surface area contributed by atoms with Crippen molar-refractivity contribution in [1.29, 1.82) is 0 Å². The molecule has 0 radical (unpaired) electrons. The molecular formula is C20H26N2O4. The molecule has 1 amide bonds. The molecule has 140 valence electrons. The Kier molecular flexibility index (Phi) is 5.52. The molecule has 2 aromatic rings. The number of hydrogen-bond donors (Lipinski definition) is 1. The van der Waals surface area contributed by atoms with E-state index in [2.05, 4.69) is 9.88 Å². The van der Waals surface area contributed by atoms with Crippen molar-refractivity contribution in [2.45, 2.75) is 33.2 Å². The van der Waals surface area contributed by atoms with Crippen LogP contribution in [0.1, 0.15) is 35.1 Å². The third kappa shape index (κ3) is 3.70. The average molecular weight is 358 g/mol. The molecule has 26 heavy (non-hydrogen) atoms. The summed E-state index contributed by atoms with van der Waals surface area (Å²) in [5.41, 5.74) is 3.53. The Morgan fingerprint density at radius 2 is 1.96 bits per heavy atom. The summed E-state index contributed by atoms with van der Waals surface area (Å²) in [7, 11) is 1.66. The van der Waals surface area contributed by atoms with Gasteiger partial charge in [0.25, 0.3) is 5.91 Å². The van der Waals surface area contributed by atoms with Crippen molar-refractivity contribution in [3.8, 4) is 17.2 Å². The minimum absolute atomic E-state index is 0.0554. The zero-order valence-electron chi connectivity index (χ0n) is 15.8. The van der Waals surface area contributed by atoms with Gasteiger partial charge in [-0.2, -0.15) is 0 Å². The van der Waals surface area contributed by atoms with Crippen LogP contribution in [0.15, 0.2) is 24.3 Å². The standard InChI is InChI=1S/C20H26N2O4/c1-13(7-8-24-4)21-20(23)17-11-14(2)22(15(17)3)16-5-6-18-19(12-16)26-10-9-25-18/h5-6,11-13H,7-10H2,1-4H3,(H,21,23)/t13-/m1/s1. The molecule has 1 aromatic heterocycles. The van der Waals surface area contributed by atoms with E-state index in [1.54, 1.807) is 7.11 Å². The van der Waals surface area contributed by atoms with E-state index in [1.807, 2.05) is 45.0 Å². The molecule has 1 atom stereocenters. The van der Waals surface area contributed by atoms with Crippen LogP contribution >= 0.6 is 0 Å². The molecule has 0 saturated heterocycles. The molecule has 0 aliphatic carbocycles. The lowest BCUT2D eigenvalue weighted by Crippen LogP contribution is -2.33. The summed E-state index contributed by atoms with van der Waals surface area (Å²) >= 11 is 0. The maximum Gasteiger partial charge on any atom is 0.253 e. The summed E-state index contributed by atoms with van der Waals surface area (Å²) in [6, 6.07) is 7.83. The lowest BCUT2D eigenvalue weighted by molar-refractivity contribution is 0.0929. The highest BCUT2D eigenvalue weighted by Crippen LogP contribution is 2.33. The molecule has 1 aliphatic rings. The summed E-state index contributed by atoms with van der Waals surface area (Å²) in [4.78, 5) is 12.7. The van der Waals surface area contributed by atoms with Crippen LogP contribution in [0.3, 0.4) is 0 Å². The Balaban J connectivity index is 1.85. The van der Waals surface area contributed by atoms with Crippen molar-refractivity contribution in [2.75, 3.05) is 26.9 Å². The van der Waals surface area contributed by atoms with E-state index in [0.29, 0.717) is 25.4 Å². The van der Waals surface area contributed by atoms with Gasteiger partial charge in [-0.25, -0.2) is 0 Å². The van der Waals surface area contributed by atoms with Crippen LogP contribution in [0.25, 0.3) is 5.69 Å². The van der Waals surface area contributed by atoms with Gasteiger partial charge in [0.1, 0.15) is 13.2 Å². The summed E-state index contributed by atoms with van der Waals surface area (Å²) in [6.07, 6.45) is 0.781. The summed E-state index contributed by atoms with van der Waals surface area (Å²) < 4.78 is 18.4. The first-order valence-corrected chi connectivity index (χ1v) is 8.90. The SMILES string of the molecule is COCC[C@@H](C)NC(=O)c1cc(C)n(-c2ccc3c(c2)OCCO3)c1C. The number of carbonyl (C=O) groups excluding carboxylic acids is 1. The van der Waals surface area contributed by atoms with Gasteiger partial charge in [0, 0.05) is 42.9 Å². The zero-order chi connectivity index (χ0) is 18.7. The quantitative estimate of drug-likeness (QED) is 0.862. The van der Waals surface area contributed by atoms with E-state index in [-0.39, 0.29) is 11.9 Å². The highest BCUT2D eigenvalue weighted by Gasteiger charge is 2.19. The van der Waals surface area contributed by atoms with Crippen LogP contribution in [-0.4, -0.2) is 43.4 Å². The van der Waals surface area contributed by atoms with Crippen LogP contribution in [0.4, 0.5) is 0 Å². The number of benzene rings is 1. The third-order valence-electron chi connectivity index (χ3n) is 4.59. The fourth-order valence-corrected chi connectivity index (χ4v) is 3.23. The number of nitrogens with zero attached hydrogens (tertiary/aromatic N) is 1. The Bertz CT molecular complexity index is 797. The average Bonchev–Trinajstić information content (AvgIpc) is 2.94. The van der Waals surface area contributed by atoms with Gasteiger partial charge < -0.3 is 24.1 Å². The number of ether oxygens (including phenoxy) is 3. The van der Waals surface area contributed by atoms with Gasteiger partial charge in [-0.15, -0.1) is 0 Å². The molecular weight excluding hydrogens is 332 g/mol. The largest absolute Gasteiger partial charge is 0.486 e. The van der Waals surface area contributed by atoms with Gasteiger partial charge in [-0.3, -0.25) is 4.79 Å². The molecule has 1 aliphatic heterocycles. The number of nitrogens with one attached hydrogen (secondary N) is 1. The van der Waals surface area contributed by atoms with Crippen molar-refractivity contribution < 1.29 is 19.0 Å². The molecule has 3 rings (SSSR count). The first-order chi connectivity index (χ1) is 12.5. The summed E-state index contributed by atoms with van der Waals surface area (Å²) in [6.45, 7) is 7.68. The van der Waals surface area contributed by atoms with Gasteiger partial charge in [-0.05, 0) is 45.4 Å². The van der Waals surface area contributed by atoms with Crippen LogP contribution in [-0.2, 0) is 4.74 Å².